The molecule has 0 atom stereocenters. The van der Waals surface area contributed by atoms with E-state index in [-0.39, 0.29) is 5.41 Å². The van der Waals surface area contributed by atoms with E-state index in [9.17, 15) is 0 Å². The Kier molecular flexibility index (Phi) is 3.39. The van der Waals surface area contributed by atoms with Gasteiger partial charge >= 0.3 is 0 Å². The lowest BCUT2D eigenvalue weighted by atomic mass is 9.75. The van der Waals surface area contributed by atoms with Crippen molar-refractivity contribution in [2.24, 2.45) is 0 Å². The fraction of sp³-hybridized carbons (Fsp3) is 0.417. The molecule has 2 nitrogen and oxygen atoms in total. The molecule has 16 heavy (non-hydrogen) atoms. The molecule has 0 spiro atoms. The van der Waals surface area contributed by atoms with Gasteiger partial charge < -0.3 is 4.74 Å². The highest BCUT2D eigenvalue weighted by Crippen LogP contribution is 2.40. The number of hydrogen-bond donors (Lipinski definition) is 0. The van der Waals surface area contributed by atoms with Crippen molar-refractivity contribution in [1.82, 2.24) is 0 Å². The number of nitrogens with zero attached hydrogens (tertiary/aromatic N) is 1. The fourth-order valence-electron chi connectivity index (χ4n) is 2.00. The van der Waals surface area contributed by atoms with Crippen LogP contribution in [0.3, 0.4) is 0 Å². The van der Waals surface area contributed by atoms with Gasteiger partial charge in [-0.2, -0.15) is 5.26 Å². The van der Waals surface area contributed by atoms with Gasteiger partial charge in [0.2, 0.25) is 0 Å². The van der Waals surface area contributed by atoms with E-state index in [0.717, 1.165) is 12.0 Å². The number of ether oxygens (including phenoxy) is 1. The van der Waals surface area contributed by atoms with Gasteiger partial charge in [0.05, 0.1) is 19.3 Å². The summed E-state index contributed by atoms with van der Waals surface area (Å²) < 4.78 is 5.27. The maximum absolute atomic E-state index is 8.66. The molecule has 1 aliphatic heterocycles. The van der Waals surface area contributed by atoms with Crippen LogP contribution < -0.4 is 0 Å². The van der Waals surface area contributed by atoms with E-state index >= 15 is 0 Å². The van der Waals surface area contributed by atoms with Crippen LogP contribution in [0.25, 0.3) is 0 Å². The van der Waals surface area contributed by atoms with E-state index in [0.29, 0.717) is 29.7 Å². The second-order valence-corrected chi connectivity index (χ2v) is 4.90. The van der Waals surface area contributed by atoms with Gasteiger partial charge in [-0.05, 0) is 24.1 Å². The molecule has 0 N–H and O–H groups in total. The molecule has 0 bridgehead atoms. The maximum atomic E-state index is 8.66. The van der Waals surface area contributed by atoms with Gasteiger partial charge in [0, 0.05) is 21.9 Å². The SMILES string of the molecule is N#CCCC1(c2ccc(Cl)cc2Cl)COC1. The van der Waals surface area contributed by atoms with Gasteiger partial charge in [-0.15, -0.1) is 0 Å². The Hall–Kier alpha value is -0.750. The Balaban J connectivity index is 2.30. The molecule has 84 valence electrons. The van der Waals surface area contributed by atoms with E-state index in [1.807, 2.05) is 12.1 Å². The lowest BCUT2D eigenvalue weighted by Gasteiger charge is -2.42. The van der Waals surface area contributed by atoms with Crippen molar-refractivity contribution in [3.8, 4) is 6.07 Å². The summed E-state index contributed by atoms with van der Waals surface area (Å²) in [4.78, 5) is 0. The quantitative estimate of drug-likeness (QED) is 0.828. The zero-order valence-electron chi connectivity index (χ0n) is 8.67. The van der Waals surface area contributed by atoms with Crippen molar-refractivity contribution in [3.63, 3.8) is 0 Å². The van der Waals surface area contributed by atoms with Crippen molar-refractivity contribution < 1.29 is 4.74 Å². The van der Waals surface area contributed by atoms with Crippen LogP contribution in [-0.2, 0) is 10.2 Å². The third-order valence-electron chi connectivity index (χ3n) is 2.97. The minimum atomic E-state index is -0.0859. The van der Waals surface area contributed by atoms with Crippen molar-refractivity contribution in [2.45, 2.75) is 18.3 Å². The lowest BCUT2D eigenvalue weighted by molar-refractivity contribution is -0.0636. The van der Waals surface area contributed by atoms with Crippen LogP contribution in [0.5, 0.6) is 0 Å². The first-order chi connectivity index (χ1) is 7.68. The van der Waals surface area contributed by atoms with Crippen LogP contribution in [-0.4, -0.2) is 13.2 Å². The van der Waals surface area contributed by atoms with Crippen molar-refractivity contribution in [1.29, 1.82) is 5.26 Å². The first-order valence-corrected chi connectivity index (χ1v) is 5.84. The molecule has 0 unspecified atom stereocenters. The molecule has 1 aromatic carbocycles. The number of halogens is 2. The molecule has 1 saturated heterocycles. The van der Waals surface area contributed by atoms with Crippen LogP contribution in [0.15, 0.2) is 18.2 Å². The molecule has 4 heteroatoms. The van der Waals surface area contributed by atoms with E-state index in [1.54, 1.807) is 6.07 Å². The summed E-state index contributed by atoms with van der Waals surface area (Å²) in [5.74, 6) is 0. The van der Waals surface area contributed by atoms with Crippen molar-refractivity contribution in [3.05, 3.63) is 33.8 Å². The van der Waals surface area contributed by atoms with Gasteiger partial charge in [-0.25, -0.2) is 0 Å². The number of benzene rings is 1. The Morgan fingerprint density at radius 1 is 1.38 bits per heavy atom. The van der Waals surface area contributed by atoms with Gasteiger partial charge in [0.25, 0.3) is 0 Å². The molecule has 1 fully saturated rings. The average Bonchev–Trinajstić information content (AvgIpc) is 2.19. The number of rotatable bonds is 3. The first-order valence-electron chi connectivity index (χ1n) is 5.08. The molecule has 0 aliphatic carbocycles. The normalized spacial score (nSPS) is 17.6. The molecular formula is C12H11Cl2NO. The smallest absolute Gasteiger partial charge is 0.0622 e. The Morgan fingerprint density at radius 2 is 2.12 bits per heavy atom. The Bertz CT molecular complexity index is 435. The first kappa shape index (κ1) is 11.7. The number of hydrogen-bond acceptors (Lipinski definition) is 2. The van der Waals surface area contributed by atoms with Crippen molar-refractivity contribution >= 4 is 23.2 Å². The molecule has 1 heterocycles. The lowest BCUT2D eigenvalue weighted by Crippen LogP contribution is -2.46. The summed E-state index contributed by atoms with van der Waals surface area (Å²) in [5, 5.41) is 9.95. The zero-order chi connectivity index (χ0) is 11.6. The molecule has 0 radical (unpaired) electrons. The molecule has 0 aromatic heterocycles. The monoisotopic (exact) mass is 255 g/mol. The van der Waals surface area contributed by atoms with E-state index in [4.69, 9.17) is 33.2 Å². The Morgan fingerprint density at radius 3 is 2.62 bits per heavy atom. The van der Waals surface area contributed by atoms with E-state index < -0.39 is 0 Å². The molecule has 0 amide bonds. The Labute approximate surface area is 105 Å². The summed E-state index contributed by atoms with van der Waals surface area (Å²) in [6, 6.07) is 7.67. The van der Waals surface area contributed by atoms with Crippen LogP contribution in [0, 0.1) is 11.3 Å². The molecule has 1 aromatic rings. The zero-order valence-corrected chi connectivity index (χ0v) is 10.2. The molecule has 0 saturated carbocycles. The van der Waals surface area contributed by atoms with E-state index in [2.05, 4.69) is 6.07 Å². The van der Waals surface area contributed by atoms with E-state index in [1.165, 1.54) is 0 Å². The number of nitriles is 1. The third kappa shape index (κ3) is 2.04. The summed E-state index contributed by atoms with van der Waals surface area (Å²) in [5.41, 5.74) is 0.956. The largest absolute Gasteiger partial charge is 0.379 e. The predicted molar refractivity (Wildman–Crippen MR) is 63.8 cm³/mol. The highest BCUT2D eigenvalue weighted by atomic mass is 35.5. The van der Waals surface area contributed by atoms with Gasteiger partial charge in [-0.1, -0.05) is 29.3 Å². The van der Waals surface area contributed by atoms with Crippen LogP contribution in [0.1, 0.15) is 18.4 Å². The average molecular weight is 256 g/mol. The summed E-state index contributed by atoms with van der Waals surface area (Å²) in [6.45, 7) is 1.27. The summed E-state index contributed by atoms with van der Waals surface area (Å²) >= 11 is 12.0. The summed E-state index contributed by atoms with van der Waals surface area (Å²) in [6.07, 6.45) is 1.30. The standard InChI is InChI=1S/C12H11Cl2NO/c13-9-2-3-10(11(14)6-9)12(4-1-5-15)7-16-8-12/h2-3,6H,1,4,7-8H2. The molecule has 1 aliphatic rings. The highest BCUT2D eigenvalue weighted by molar-refractivity contribution is 6.35. The topological polar surface area (TPSA) is 33.0 Å². The predicted octanol–water partition coefficient (Wildman–Crippen LogP) is 3.57. The third-order valence-corrected chi connectivity index (χ3v) is 3.52. The van der Waals surface area contributed by atoms with Crippen molar-refractivity contribution in [2.75, 3.05) is 13.2 Å². The molecular weight excluding hydrogens is 245 g/mol. The van der Waals surface area contributed by atoms with Gasteiger partial charge in [-0.3, -0.25) is 0 Å². The van der Waals surface area contributed by atoms with Gasteiger partial charge in [0.1, 0.15) is 0 Å². The van der Waals surface area contributed by atoms with Crippen LogP contribution >= 0.6 is 23.2 Å². The molecule has 2 rings (SSSR count). The fourth-order valence-corrected chi connectivity index (χ4v) is 2.61. The highest BCUT2D eigenvalue weighted by Gasteiger charge is 2.41. The second-order valence-electron chi connectivity index (χ2n) is 4.06. The van der Waals surface area contributed by atoms with Crippen LogP contribution in [0.4, 0.5) is 0 Å². The maximum Gasteiger partial charge on any atom is 0.0622 e. The summed E-state index contributed by atoms with van der Waals surface area (Å²) in [7, 11) is 0. The van der Waals surface area contributed by atoms with Gasteiger partial charge in [0.15, 0.2) is 0 Å². The van der Waals surface area contributed by atoms with Crippen LogP contribution in [0.2, 0.25) is 10.0 Å². The second kappa shape index (κ2) is 4.63. The minimum absolute atomic E-state index is 0.0859. The minimum Gasteiger partial charge on any atom is -0.379 e.